The Morgan fingerprint density at radius 2 is 1.71 bits per heavy atom. The number of alkyl halides is 6. The quantitative estimate of drug-likeness (QED) is 0.252. The highest BCUT2D eigenvalue weighted by Crippen LogP contribution is 2.39. The van der Waals surface area contributed by atoms with Gasteiger partial charge in [0.2, 0.25) is 0 Å². The maximum atomic E-state index is 13.2. The van der Waals surface area contributed by atoms with E-state index in [2.05, 4.69) is 4.98 Å². The van der Waals surface area contributed by atoms with E-state index >= 15 is 0 Å². The second-order valence-corrected chi connectivity index (χ2v) is 8.70. The lowest BCUT2D eigenvalue weighted by molar-refractivity contribution is -0.383. The normalized spacial score (nSPS) is 15.4. The van der Waals surface area contributed by atoms with Gasteiger partial charge in [0, 0.05) is 32.0 Å². The first-order chi connectivity index (χ1) is 16.3. The fourth-order valence-corrected chi connectivity index (χ4v) is 4.84. The smallest absolute Gasteiger partial charge is 0.419 e. The molecule has 0 atom stereocenters. The molecule has 2 aromatic carbocycles. The molecule has 1 aliphatic heterocycles. The van der Waals surface area contributed by atoms with E-state index in [4.69, 9.17) is 4.74 Å². The van der Waals surface area contributed by atoms with Gasteiger partial charge in [0.15, 0.2) is 5.13 Å². The van der Waals surface area contributed by atoms with Crippen LogP contribution in [-0.4, -0.2) is 29.1 Å². The summed E-state index contributed by atoms with van der Waals surface area (Å²) in [6.07, 6.45) is -9.50. The van der Waals surface area contributed by atoms with Crippen molar-refractivity contribution in [2.24, 2.45) is 0 Å². The number of aromatic nitrogens is 1. The molecule has 1 fully saturated rings. The standard InChI is InChI=1S/C21H15F6N3O4S/c22-20(23,24)11-9-13-17(15(10-11)30(32)33)35-19(28-18(13)31)29-7-5-12(6-8-29)34-16-4-2-1-3-14(16)21(25,26)27/h1-4,9-10,12H,5-8H2. The lowest BCUT2D eigenvalue weighted by Gasteiger charge is -2.32. The molecule has 0 unspecified atom stereocenters. The number of nitro benzene ring substituents is 1. The number of nitrogens with zero attached hydrogens (tertiary/aromatic N) is 3. The van der Waals surface area contributed by atoms with E-state index in [9.17, 15) is 41.3 Å². The molecule has 0 amide bonds. The van der Waals surface area contributed by atoms with Gasteiger partial charge in [0.25, 0.3) is 11.2 Å². The van der Waals surface area contributed by atoms with Crippen LogP contribution in [0.25, 0.3) is 10.1 Å². The van der Waals surface area contributed by atoms with Crippen molar-refractivity contribution >= 4 is 32.2 Å². The Kier molecular flexibility index (Phi) is 6.34. The molecular weight excluding hydrogens is 504 g/mol. The first-order valence-corrected chi connectivity index (χ1v) is 10.9. The van der Waals surface area contributed by atoms with Crippen LogP contribution in [0.3, 0.4) is 0 Å². The number of piperidine rings is 1. The molecule has 35 heavy (non-hydrogen) atoms. The molecule has 0 bridgehead atoms. The Hall–Kier alpha value is -3.42. The number of hydrogen-bond acceptors (Lipinski definition) is 7. The third-order valence-corrected chi connectivity index (χ3v) is 6.58. The highest BCUT2D eigenvalue weighted by Gasteiger charge is 2.36. The fourth-order valence-electron chi connectivity index (χ4n) is 3.72. The van der Waals surface area contributed by atoms with Crippen LogP contribution in [0.1, 0.15) is 24.0 Å². The fraction of sp³-hybridized carbons (Fsp3) is 0.333. The van der Waals surface area contributed by atoms with E-state index < -0.39 is 51.1 Å². The molecule has 1 aromatic heterocycles. The van der Waals surface area contributed by atoms with Gasteiger partial charge in [-0.2, -0.15) is 31.3 Å². The molecule has 3 aromatic rings. The Labute approximate surface area is 196 Å². The van der Waals surface area contributed by atoms with Crippen LogP contribution >= 0.6 is 11.3 Å². The highest BCUT2D eigenvalue weighted by molar-refractivity contribution is 7.22. The molecule has 0 aliphatic carbocycles. The van der Waals surface area contributed by atoms with Gasteiger partial charge in [0.1, 0.15) is 16.6 Å². The van der Waals surface area contributed by atoms with Gasteiger partial charge < -0.3 is 9.64 Å². The number of ether oxygens (including phenoxy) is 1. The van der Waals surface area contributed by atoms with Crippen molar-refractivity contribution in [3.05, 3.63) is 68.0 Å². The maximum absolute atomic E-state index is 13.2. The summed E-state index contributed by atoms with van der Waals surface area (Å²) < 4.78 is 84.3. The van der Waals surface area contributed by atoms with Gasteiger partial charge in [-0.15, -0.1) is 0 Å². The molecule has 1 saturated heterocycles. The maximum Gasteiger partial charge on any atom is 0.419 e. The van der Waals surface area contributed by atoms with Gasteiger partial charge in [-0.1, -0.05) is 23.5 Å². The second-order valence-electron chi connectivity index (χ2n) is 7.73. The molecule has 0 spiro atoms. The van der Waals surface area contributed by atoms with Gasteiger partial charge in [0.05, 0.1) is 21.4 Å². The second kappa shape index (κ2) is 8.98. The zero-order valence-electron chi connectivity index (χ0n) is 17.5. The van der Waals surface area contributed by atoms with Gasteiger partial charge in [-0.25, -0.2) is 0 Å². The molecule has 2 heterocycles. The van der Waals surface area contributed by atoms with E-state index in [1.165, 1.54) is 18.2 Å². The van der Waals surface area contributed by atoms with Crippen LogP contribution < -0.4 is 15.2 Å². The summed E-state index contributed by atoms with van der Waals surface area (Å²) in [5.74, 6) is -0.303. The number of anilines is 1. The van der Waals surface area contributed by atoms with E-state index in [0.717, 1.165) is 6.07 Å². The Morgan fingerprint density at radius 1 is 1.06 bits per heavy atom. The molecular formula is C21H15F6N3O4S. The van der Waals surface area contributed by atoms with Crippen molar-refractivity contribution < 1.29 is 36.0 Å². The zero-order chi connectivity index (χ0) is 25.5. The third-order valence-electron chi connectivity index (χ3n) is 5.41. The van der Waals surface area contributed by atoms with Crippen molar-refractivity contribution in [1.82, 2.24) is 4.98 Å². The van der Waals surface area contributed by atoms with E-state index in [0.29, 0.717) is 23.5 Å². The van der Waals surface area contributed by atoms with Crippen LogP contribution in [0, 0.1) is 10.1 Å². The summed E-state index contributed by atoms with van der Waals surface area (Å²) in [7, 11) is 0. The largest absolute Gasteiger partial charge is 0.490 e. The third kappa shape index (κ3) is 5.16. The van der Waals surface area contributed by atoms with Crippen LogP contribution in [0.5, 0.6) is 5.75 Å². The summed E-state index contributed by atoms with van der Waals surface area (Å²) in [4.78, 5) is 28.3. The summed E-state index contributed by atoms with van der Waals surface area (Å²) in [6.45, 7) is 0.420. The topological polar surface area (TPSA) is 85.6 Å². The van der Waals surface area contributed by atoms with E-state index in [1.54, 1.807) is 4.90 Å². The van der Waals surface area contributed by atoms with Crippen molar-refractivity contribution in [2.75, 3.05) is 18.0 Å². The molecule has 14 heteroatoms. The number of para-hydroxylation sites is 1. The van der Waals surface area contributed by atoms with Crippen LogP contribution in [-0.2, 0) is 12.4 Å². The van der Waals surface area contributed by atoms with Crippen molar-refractivity contribution in [2.45, 2.75) is 31.3 Å². The van der Waals surface area contributed by atoms with Crippen molar-refractivity contribution in [1.29, 1.82) is 0 Å². The van der Waals surface area contributed by atoms with Gasteiger partial charge in [-0.3, -0.25) is 14.9 Å². The number of hydrogen-bond donors (Lipinski definition) is 0. The van der Waals surface area contributed by atoms with Gasteiger partial charge in [-0.05, 0) is 18.2 Å². The number of fused-ring (bicyclic) bond motifs is 1. The number of benzene rings is 2. The predicted octanol–water partition coefficient (Wildman–Crippen LogP) is 5.65. The lowest BCUT2D eigenvalue weighted by atomic mass is 10.1. The van der Waals surface area contributed by atoms with Crippen LogP contribution in [0.2, 0.25) is 0 Å². The Morgan fingerprint density at radius 3 is 2.31 bits per heavy atom. The molecule has 4 rings (SSSR count). The van der Waals surface area contributed by atoms with Crippen LogP contribution in [0.4, 0.5) is 37.2 Å². The molecule has 7 nitrogen and oxygen atoms in total. The molecule has 1 aliphatic rings. The molecule has 0 radical (unpaired) electrons. The first kappa shape index (κ1) is 24.7. The molecule has 186 valence electrons. The monoisotopic (exact) mass is 519 g/mol. The number of nitro groups is 1. The van der Waals surface area contributed by atoms with E-state index in [-0.39, 0.29) is 41.5 Å². The predicted molar refractivity (Wildman–Crippen MR) is 115 cm³/mol. The van der Waals surface area contributed by atoms with Crippen molar-refractivity contribution in [3.63, 3.8) is 0 Å². The molecule has 0 saturated carbocycles. The summed E-state index contributed by atoms with van der Waals surface area (Å²) in [5.41, 5.74) is -4.13. The number of halogens is 6. The summed E-state index contributed by atoms with van der Waals surface area (Å²) in [5, 5.41) is 11.0. The summed E-state index contributed by atoms with van der Waals surface area (Å²) >= 11 is 0.709. The number of non-ortho nitro benzene ring substituents is 1. The minimum atomic E-state index is -4.89. The van der Waals surface area contributed by atoms with E-state index in [1.807, 2.05) is 0 Å². The highest BCUT2D eigenvalue weighted by atomic mass is 32.1. The first-order valence-electron chi connectivity index (χ1n) is 10.1. The Bertz CT molecular complexity index is 1330. The van der Waals surface area contributed by atoms with Crippen molar-refractivity contribution in [3.8, 4) is 5.75 Å². The van der Waals surface area contributed by atoms with Crippen LogP contribution in [0.15, 0.2) is 41.2 Å². The van der Waals surface area contributed by atoms with Gasteiger partial charge >= 0.3 is 12.4 Å². The summed E-state index contributed by atoms with van der Waals surface area (Å²) in [6, 6.07) is 5.73. The average molecular weight is 519 g/mol. The molecule has 0 N–H and O–H groups in total. The zero-order valence-corrected chi connectivity index (χ0v) is 18.3. The SMILES string of the molecule is O=c1nc(N2CCC(Oc3ccccc3C(F)(F)F)CC2)sc2c([N+](=O)[O-])cc(C(F)(F)F)cc12. The lowest BCUT2D eigenvalue weighted by Crippen LogP contribution is -2.39. The Balaban J connectivity index is 1.58. The number of rotatable bonds is 4. The minimum absolute atomic E-state index is 0.0690. The minimum Gasteiger partial charge on any atom is -0.490 e. The average Bonchev–Trinajstić information content (AvgIpc) is 2.78.